The molecule has 0 saturated carbocycles. The molecule has 3 rings (SSSR count). The Morgan fingerprint density at radius 1 is 1.29 bits per heavy atom. The summed E-state index contributed by atoms with van der Waals surface area (Å²) in [5.74, 6) is 0.841. The summed E-state index contributed by atoms with van der Waals surface area (Å²) in [6, 6.07) is 6.38. The van der Waals surface area contributed by atoms with E-state index >= 15 is 0 Å². The van der Waals surface area contributed by atoms with Crippen LogP contribution in [0.1, 0.15) is 18.5 Å². The van der Waals surface area contributed by atoms with Gasteiger partial charge in [0.2, 0.25) is 5.95 Å². The Labute approximate surface area is 120 Å². The molecule has 1 atom stereocenters. The summed E-state index contributed by atoms with van der Waals surface area (Å²) in [6.45, 7) is 1.94. The maximum absolute atomic E-state index is 13.3. The summed E-state index contributed by atoms with van der Waals surface area (Å²) in [5, 5.41) is 6.16. The van der Waals surface area contributed by atoms with Gasteiger partial charge in [-0.1, -0.05) is 12.1 Å². The summed E-state index contributed by atoms with van der Waals surface area (Å²) in [6.07, 6.45) is 1.57. The van der Waals surface area contributed by atoms with Gasteiger partial charge >= 0.3 is 0 Å². The molecule has 3 aromatic rings. The van der Waals surface area contributed by atoms with Gasteiger partial charge in [-0.25, -0.2) is 9.37 Å². The van der Waals surface area contributed by atoms with Gasteiger partial charge in [0.05, 0.1) is 12.4 Å². The van der Waals surface area contributed by atoms with Crippen LogP contribution in [0.15, 0.2) is 30.6 Å². The number of aromatic nitrogens is 4. The van der Waals surface area contributed by atoms with Crippen LogP contribution < -0.4 is 10.6 Å². The molecule has 21 heavy (non-hydrogen) atoms. The SMILES string of the molecule is CNc1nc(NC(C)c2cccc(F)c2)c2[nH]cnc2n1. The molecule has 108 valence electrons. The first-order valence-electron chi connectivity index (χ1n) is 6.58. The number of anilines is 2. The molecule has 0 aliphatic carbocycles. The lowest BCUT2D eigenvalue weighted by Gasteiger charge is -2.16. The quantitative estimate of drug-likeness (QED) is 0.687. The molecule has 7 heteroatoms. The van der Waals surface area contributed by atoms with Crippen LogP contribution in [0.3, 0.4) is 0 Å². The molecule has 0 bridgehead atoms. The van der Waals surface area contributed by atoms with E-state index in [-0.39, 0.29) is 11.9 Å². The number of H-pyrrole nitrogens is 1. The zero-order valence-electron chi connectivity index (χ0n) is 11.7. The Morgan fingerprint density at radius 2 is 2.14 bits per heavy atom. The van der Waals surface area contributed by atoms with Gasteiger partial charge in [-0.15, -0.1) is 0 Å². The van der Waals surface area contributed by atoms with E-state index < -0.39 is 0 Å². The summed E-state index contributed by atoms with van der Waals surface area (Å²) in [7, 11) is 1.74. The van der Waals surface area contributed by atoms with Gasteiger partial charge in [0.1, 0.15) is 11.3 Å². The average molecular weight is 286 g/mol. The Balaban J connectivity index is 1.95. The number of nitrogens with zero attached hydrogens (tertiary/aromatic N) is 3. The number of benzene rings is 1. The van der Waals surface area contributed by atoms with E-state index in [1.54, 1.807) is 19.4 Å². The van der Waals surface area contributed by atoms with E-state index in [2.05, 4.69) is 30.6 Å². The summed E-state index contributed by atoms with van der Waals surface area (Å²) < 4.78 is 13.3. The minimum atomic E-state index is -0.258. The van der Waals surface area contributed by atoms with Crippen molar-refractivity contribution in [1.82, 2.24) is 19.9 Å². The molecule has 2 aromatic heterocycles. The molecule has 2 heterocycles. The number of fused-ring (bicyclic) bond motifs is 1. The van der Waals surface area contributed by atoms with Crippen molar-refractivity contribution in [3.63, 3.8) is 0 Å². The van der Waals surface area contributed by atoms with Gasteiger partial charge in [-0.2, -0.15) is 9.97 Å². The Hall–Kier alpha value is -2.70. The summed E-state index contributed by atoms with van der Waals surface area (Å²) >= 11 is 0. The van der Waals surface area contributed by atoms with E-state index in [0.717, 1.165) is 11.1 Å². The highest BCUT2D eigenvalue weighted by atomic mass is 19.1. The van der Waals surface area contributed by atoms with Crippen molar-refractivity contribution in [1.29, 1.82) is 0 Å². The monoisotopic (exact) mass is 286 g/mol. The summed E-state index contributed by atoms with van der Waals surface area (Å²) in [5.41, 5.74) is 2.13. The second-order valence-corrected chi connectivity index (χ2v) is 4.67. The van der Waals surface area contributed by atoms with E-state index in [4.69, 9.17) is 0 Å². The number of imidazole rings is 1. The third-order valence-corrected chi connectivity index (χ3v) is 3.21. The normalized spacial score (nSPS) is 12.3. The van der Waals surface area contributed by atoms with Crippen molar-refractivity contribution in [2.24, 2.45) is 0 Å². The zero-order valence-corrected chi connectivity index (χ0v) is 11.7. The van der Waals surface area contributed by atoms with Crippen molar-refractivity contribution in [3.05, 3.63) is 42.0 Å². The van der Waals surface area contributed by atoms with Crippen molar-refractivity contribution < 1.29 is 4.39 Å². The van der Waals surface area contributed by atoms with Crippen molar-refractivity contribution in [2.45, 2.75) is 13.0 Å². The minimum Gasteiger partial charge on any atom is -0.362 e. The number of hydrogen-bond donors (Lipinski definition) is 3. The standard InChI is InChI=1S/C14H15FN6/c1-8(9-4-3-5-10(15)6-9)19-13-11-12(18-7-17-11)20-14(16-2)21-13/h3-8H,1-2H3,(H3,16,17,18,19,20,21). The maximum Gasteiger partial charge on any atom is 0.226 e. The number of halogens is 1. The van der Waals surface area contributed by atoms with Gasteiger partial charge in [0.15, 0.2) is 11.5 Å². The predicted octanol–water partition coefficient (Wildman–Crippen LogP) is 2.71. The smallest absolute Gasteiger partial charge is 0.226 e. The summed E-state index contributed by atoms with van der Waals surface area (Å²) in [4.78, 5) is 15.8. The van der Waals surface area contributed by atoms with E-state index in [1.807, 2.05) is 13.0 Å². The van der Waals surface area contributed by atoms with Gasteiger partial charge in [0.25, 0.3) is 0 Å². The van der Waals surface area contributed by atoms with E-state index in [9.17, 15) is 4.39 Å². The van der Waals surface area contributed by atoms with Gasteiger partial charge < -0.3 is 15.6 Å². The molecular weight excluding hydrogens is 271 g/mol. The second kappa shape index (κ2) is 5.35. The number of rotatable bonds is 4. The number of nitrogens with one attached hydrogen (secondary N) is 3. The highest BCUT2D eigenvalue weighted by molar-refractivity contribution is 5.83. The fourth-order valence-corrected chi connectivity index (χ4v) is 2.11. The van der Waals surface area contributed by atoms with Gasteiger partial charge in [0, 0.05) is 7.05 Å². The molecule has 0 aliphatic heterocycles. The molecule has 1 aromatic carbocycles. The second-order valence-electron chi connectivity index (χ2n) is 4.67. The highest BCUT2D eigenvalue weighted by Crippen LogP contribution is 2.24. The molecular formula is C14H15FN6. The first-order valence-corrected chi connectivity index (χ1v) is 6.58. The Morgan fingerprint density at radius 3 is 2.90 bits per heavy atom. The highest BCUT2D eigenvalue weighted by Gasteiger charge is 2.13. The van der Waals surface area contributed by atoms with E-state index in [0.29, 0.717) is 17.4 Å². The predicted molar refractivity (Wildman–Crippen MR) is 79.7 cm³/mol. The van der Waals surface area contributed by atoms with Gasteiger partial charge in [-0.05, 0) is 24.6 Å². The van der Waals surface area contributed by atoms with Crippen LogP contribution in [-0.4, -0.2) is 27.0 Å². The van der Waals surface area contributed by atoms with Crippen LogP contribution in [0.4, 0.5) is 16.2 Å². The third-order valence-electron chi connectivity index (χ3n) is 3.21. The third kappa shape index (κ3) is 2.62. The lowest BCUT2D eigenvalue weighted by molar-refractivity contribution is 0.623. The molecule has 3 N–H and O–H groups in total. The fourth-order valence-electron chi connectivity index (χ4n) is 2.11. The fraction of sp³-hybridized carbons (Fsp3) is 0.214. The zero-order chi connectivity index (χ0) is 14.8. The first-order chi connectivity index (χ1) is 10.2. The van der Waals surface area contributed by atoms with Crippen LogP contribution in [0.2, 0.25) is 0 Å². The largest absolute Gasteiger partial charge is 0.362 e. The first kappa shape index (κ1) is 13.3. The van der Waals surface area contributed by atoms with Crippen molar-refractivity contribution in [3.8, 4) is 0 Å². The molecule has 0 fully saturated rings. The van der Waals surface area contributed by atoms with Crippen LogP contribution in [0, 0.1) is 5.82 Å². The van der Waals surface area contributed by atoms with Crippen molar-refractivity contribution >= 4 is 22.9 Å². The van der Waals surface area contributed by atoms with Crippen LogP contribution in [-0.2, 0) is 0 Å². The van der Waals surface area contributed by atoms with Gasteiger partial charge in [-0.3, -0.25) is 0 Å². The van der Waals surface area contributed by atoms with Crippen molar-refractivity contribution in [2.75, 3.05) is 17.7 Å². The minimum absolute atomic E-state index is 0.105. The van der Waals surface area contributed by atoms with E-state index in [1.165, 1.54) is 12.1 Å². The number of aromatic amines is 1. The molecule has 0 spiro atoms. The molecule has 0 saturated heterocycles. The maximum atomic E-state index is 13.3. The Kier molecular flexibility index (Phi) is 3.39. The molecule has 0 amide bonds. The number of hydrogen-bond acceptors (Lipinski definition) is 5. The van der Waals surface area contributed by atoms with Crippen LogP contribution in [0.25, 0.3) is 11.2 Å². The van der Waals surface area contributed by atoms with Crippen LogP contribution in [0.5, 0.6) is 0 Å². The lowest BCUT2D eigenvalue weighted by atomic mass is 10.1. The lowest BCUT2D eigenvalue weighted by Crippen LogP contribution is -2.10. The van der Waals surface area contributed by atoms with Crippen LogP contribution >= 0.6 is 0 Å². The molecule has 0 aliphatic rings. The molecule has 0 radical (unpaired) electrons. The Bertz CT molecular complexity index is 769. The topological polar surface area (TPSA) is 78.5 Å². The molecule has 1 unspecified atom stereocenters. The average Bonchev–Trinajstić information content (AvgIpc) is 2.95. The molecule has 6 nitrogen and oxygen atoms in total.